The summed E-state index contributed by atoms with van der Waals surface area (Å²) in [7, 11) is 0. The second kappa shape index (κ2) is 26.8. The smallest absolute Gasteiger partial charge is 0.245 e. The molecule has 0 spiro atoms. The molecule has 0 unspecified atom stereocenters. The lowest BCUT2D eigenvalue weighted by Crippen LogP contribution is -2.59. The number of aliphatic hydroxyl groups is 1. The second-order valence-corrected chi connectivity index (χ2v) is 16.0. The van der Waals surface area contributed by atoms with Crippen LogP contribution in [0.15, 0.2) is 0 Å². The predicted octanol–water partition coefficient (Wildman–Crippen LogP) is -1.18. The normalized spacial score (nSPS) is 16.8. The fraction of sp³-hybridized carbons (Fsp3) is 0.784. The molecule has 0 aliphatic heterocycles. The van der Waals surface area contributed by atoms with Crippen LogP contribution in [0.4, 0.5) is 0 Å². The monoisotopic (exact) mass is 813 g/mol. The van der Waals surface area contributed by atoms with Crippen molar-refractivity contribution in [1.82, 2.24) is 37.2 Å². The molecule has 1 rings (SSSR count). The lowest BCUT2D eigenvalue weighted by molar-refractivity contribution is -0.135. The van der Waals surface area contributed by atoms with Crippen molar-refractivity contribution >= 4 is 59.0 Å². The molecule has 7 atom stereocenters. The number of primary amides is 1. The Bertz CT molecular complexity index is 1320. The number of nitrogens with two attached hydrogens (primary N) is 2. The Morgan fingerprint density at radius 3 is 1.61 bits per heavy atom. The van der Waals surface area contributed by atoms with Crippen LogP contribution in [0, 0.1) is 11.8 Å². The fourth-order valence-electron chi connectivity index (χ4n) is 6.31. The van der Waals surface area contributed by atoms with Gasteiger partial charge < -0.3 is 53.8 Å². The van der Waals surface area contributed by atoms with Gasteiger partial charge in [0.25, 0.3) is 0 Å². The maximum absolute atomic E-state index is 13.5. The average Bonchev–Trinajstić information content (AvgIpc) is 3.13. The quantitative estimate of drug-likeness (QED) is 0.0464. The highest BCUT2D eigenvalue weighted by atomic mass is 32.2. The Morgan fingerprint density at radius 2 is 1.12 bits per heavy atom. The van der Waals surface area contributed by atoms with Crippen molar-refractivity contribution in [2.75, 3.05) is 25.2 Å². The molecule has 1 saturated carbocycles. The molecule has 1 aliphatic carbocycles. The standard InChI is InChI=1S/C37H67N9O9S/c1-21(2)18-28(31(39)49)45-37(55)30(20-47)46-33(51)23(4)41-35(53)27(15-17-56-6)43-32(50)22(3)40-34(52)26(14-10-11-16-38)44-36(54)29(42-24(5)48)19-25-12-8-7-9-13-25/h21-23,25-30,47H,7-20,38H2,1-6H3,(H2,39,49)(H,40,52)(H,41,53)(H,42,48)(H,43,50)(H,44,54)(H,45,55)(H,46,51)/t22-,23-,26-,27-,28-,29-,30-/m0/s1. The van der Waals surface area contributed by atoms with Gasteiger partial charge in [-0.3, -0.25) is 38.4 Å². The second-order valence-electron chi connectivity index (χ2n) is 15.0. The molecule has 1 aliphatic rings. The molecule has 0 aromatic rings. The van der Waals surface area contributed by atoms with Gasteiger partial charge in [0.05, 0.1) is 6.61 Å². The van der Waals surface area contributed by atoms with Crippen molar-refractivity contribution in [3.05, 3.63) is 0 Å². The van der Waals surface area contributed by atoms with E-state index in [1.165, 1.54) is 32.5 Å². The molecule has 19 heteroatoms. The topological polar surface area (TPSA) is 293 Å². The molecule has 0 aromatic carbocycles. The van der Waals surface area contributed by atoms with Gasteiger partial charge in [-0.05, 0) is 82.8 Å². The number of rotatable bonds is 26. The predicted molar refractivity (Wildman–Crippen MR) is 213 cm³/mol. The Hall–Kier alpha value is -3.97. The number of hydrogen-bond acceptors (Lipinski definition) is 11. The largest absolute Gasteiger partial charge is 0.394 e. The molecule has 0 radical (unpaired) electrons. The number of thioether (sulfide) groups is 1. The van der Waals surface area contributed by atoms with Gasteiger partial charge in [0.2, 0.25) is 47.3 Å². The first-order valence-electron chi connectivity index (χ1n) is 19.6. The van der Waals surface area contributed by atoms with Crippen LogP contribution in [0.2, 0.25) is 0 Å². The van der Waals surface area contributed by atoms with E-state index in [0.717, 1.165) is 32.1 Å². The molecular weight excluding hydrogens is 747 g/mol. The first kappa shape index (κ1) is 50.0. The van der Waals surface area contributed by atoms with Crippen LogP contribution in [0.25, 0.3) is 0 Å². The third kappa shape index (κ3) is 19.3. The van der Waals surface area contributed by atoms with E-state index in [0.29, 0.717) is 31.6 Å². The molecule has 0 saturated heterocycles. The van der Waals surface area contributed by atoms with Gasteiger partial charge in [-0.15, -0.1) is 0 Å². The Balaban J connectivity index is 2.97. The summed E-state index contributed by atoms with van der Waals surface area (Å²) in [6.45, 7) is 7.36. The Morgan fingerprint density at radius 1 is 0.643 bits per heavy atom. The summed E-state index contributed by atoms with van der Waals surface area (Å²) in [6.07, 6.45) is 9.19. The van der Waals surface area contributed by atoms with E-state index in [1.54, 1.807) is 0 Å². The van der Waals surface area contributed by atoms with Crippen LogP contribution in [-0.2, 0) is 38.4 Å². The highest BCUT2D eigenvalue weighted by Crippen LogP contribution is 2.27. The molecule has 0 bridgehead atoms. The fourth-order valence-corrected chi connectivity index (χ4v) is 6.78. The van der Waals surface area contributed by atoms with Crippen molar-refractivity contribution < 1.29 is 43.5 Å². The van der Waals surface area contributed by atoms with Crippen LogP contribution in [0.5, 0.6) is 0 Å². The number of aliphatic hydroxyl groups excluding tert-OH is 1. The zero-order valence-corrected chi connectivity index (χ0v) is 34.7. The van der Waals surface area contributed by atoms with Crippen LogP contribution in [0.1, 0.15) is 105 Å². The summed E-state index contributed by atoms with van der Waals surface area (Å²) in [4.78, 5) is 103. The number of carbonyl (C=O) groups is 8. The van der Waals surface area contributed by atoms with Gasteiger partial charge in [0.15, 0.2) is 0 Å². The molecule has 56 heavy (non-hydrogen) atoms. The number of hydrogen-bond donors (Lipinski definition) is 10. The van der Waals surface area contributed by atoms with Gasteiger partial charge in [-0.25, -0.2) is 0 Å². The molecule has 1 fully saturated rings. The van der Waals surface area contributed by atoms with Crippen LogP contribution in [-0.4, -0.2) is 120 Å². The SMILES string of the molecule is CSCC[C@H](NC(=O)[C@H](C)NC(=O)[C@H](CCCCN)NC(=O)[C@H](CC1CCCCC1)NC(C)=O)C(=O)N[C@@H](C)C(=O)N[C@@H](CO)C(=O)N[C@@H](CC(C)C)C(N)=O. The highest BCUT2D eigenvalue weighted by molar-refractivity contribution is 7.98. The van der Waals surface area contributed by atoms with Crippen molar-refractivity contribution in [3.8, 4) is 0 Å². The Kier molecular flexibility index (Phi) is 24.0. The van der Waals surface area contributed by atoms with E-state index in [1.807, 2.05) is 20.1 Å². The molecule has 0 aromatic heterocycles. The van der Waals surface area contributed by atoms with E-state index in [9.17, 15) is 43.5 Å². The number of amides is 8. The summed E-state index contributed by atoms with van der Waals surface area (Å²) in [5.41, 5.74) is 11.1. The lowest BCUT2D eigenvalue weighted by Gasteiger charge is -2.28. The number of carbonyl (C=O) groups excluding carboxylic acids is 8. The third-order valence-corrected chi connectivity index (χ3v) is 10.1. The minimum Gasteiger partial charge on any atom is -0.394 e. The highest BCUT2D eigenvalue weighted by Gasteiger charge is 2.32. The summed E-state index contributed by atoms with van der Waals surface area (Å²) in [5, 5.41) is 27.8. The maximum Gasteiger partial charge on any atom is 0.245 e. The molecule has 320 valence electrons. The van der Waals surface area contributed by atoms with E-state index in [2.05, 4.69) is 37.2 Å². The van der Waals surface area contributed by atoms with E-state index >= 15 is 0 Å². The van der Waals surface area contributed by atoms with Crippen molar-refractivity contribution in [3.63, 3.8) is 0 Å². The van der Waals surface area contributed by atoms with E-state index in [-0.39, 0.29) is 37.0 Å². The average molecular weight is 814 g/mol. The third-order valence-electron chi connectivity index (χ3n) is 9.50. The zero-order valence-electron chi connectivity index (χ0n) is 33.9. The Labute approximate surface area is 335 Å². The van der Waals surface area contributed by atoms with Crippen molar-refractivity contribution in [2.45, 2.75) is 148 Å². The van der Waals surface area contributed by atoms with Gasteiger partial charge >= 0.3 is 0 Å². The summed E-state index contributed by atoms with van der Waals surface area (Å²) >= 11 is 1.42. The zero-order chi connectivity index (χ0) is 42.4. The summed E-state index contributed by atoms with van der Waals surface area (Å²) in [6, 6.07) is -7.77. The maximum atomic E-state index is 13.5. The van der Waals surface area contributed by atoms with Crippen molar-refractivity contribution in [2.24, 2.45) is 23.3 Å². The van der Waals surface area contributed by atoms with E-state index < -0.39 is 90.3 Å². The molecular formula is C37H67N9O9S. The molecule has 18 nitrogen and oxygen atoms in total. The number of unbranched alkanes of at least 4 members (excludes halogenated alkanes) is 1. The first-order chi connectivity index (χ1) is 26.4. The van der Waals surface area contributed by atoms with Crippen molar-refractivity contribution in [1.29, 1.82) is 0 Å². The van der Waals surface area contributed by atoms with Gasteiger partial charge in [-0.2, -0.15) is 11.8 Å². The van der Waals surface area contributed by atoms with Gasteiger partial charge in [-0.1, -0.05) is 46.0 Å². The van der Waals surface area contributed by atoms with Crippen LogP contribution >= 0.6 is 11.8 Å². The minimum atomic E-state index is -1.44. The first-order valence-corrected chi connectivity index (χ1v) is 21.0. The molecule has 0 heterocycles. The lowest BCUT2D eigenvalue weighted by atomic mass is 9.84. The molecule has 8 amide bonds. The van der Waals surface area contributed by atoms with Crippen LogP contribution in [0.3, 0.4) is 0 Å². The van der Waals surface area contributed by atoms with Gasteiger partial charge in [0.1, 0.15) is 42.3 Å². The summed E-state index contributed by atoms with van der Waals surface area (Å²) < 4.78 is 0. The molecule has 12 N–H and O–H groups in total. The summed E-state index contributed by atoms with van der Waals surface area (Å²) in [5.74, 6) is -4.56. The van der Waals surface area contributed by atoms with E-state index in [4.69, 9.17) is 11.5 Å². The van der Waals surface area contributed by atoms with Gasteiger partial charge in [0, 0.05) is 6.92 Å². The minimum absolute atomic E-state index is 0.0192. The number of nitrogens with one attached hydrogen (secondary N) is 7. The van der Waals surface area contributed by atoms with Crippen LogP contribution < -0.4 is 48.7 Å².